The van der Waals surface area contributed by atoms with Crippen molar-refractivity contribution < 1.29 is 9.47 Å². The fraction of sp³-hybridized carbons (Fsp3) is 0.520. The molecular weight excluding hydrogens is 434 g/mol. The van der Waals surface area contributed by atoms with E-state index in [1.807, 2.05) is 6.07 Å². The normalized spacial score (nSPS) is 14.4. The first-order valence-electron chi connectivity index (χ1n) is 11.6. The summed E-state index contributed by atoms with van der Waals surface area (Å²) >= 11 is 1.66. The summed E-state index contributed by atoms with van der Waals surface area (Å²) < 4.78 is 13.6. The molecule has 1 aliphatic rings. The number of benzene rings is 1. The van der Waals surface area contributed by atoms with E-state index in [1.54, 1.807) is 18.0 Å². The van der Waals surface area contributed by atoms with Crippen LogP contribution in [-0.2, 0) is 6.54 Å². The van der Waals surface area contributed by atoms with Gasteiger partial charge in [-0.1, -0.05) is 53.3 Å². The number of nitrogen functional groups attached to an aromatic ring is 1. The Labute approximate surface area is 200 Å². The molecule has 3 N–H and O–H groups in total. The summed E-state index contributed by atoms with van der Waals surface area (Å²) in [6.07, 6.45) is 1.75. The lowest BCUT2D eigenvalue weighted by atomic mass is 9.90. The number of hydrogen-bond donors (Lipinski definition) is 2. The Morgan fingerprint density at radius 2 is 1.91 bits per heavy atom. The second-order valence-corrected chi connectivity index (χ2v) is 11.2. The number of nitrogens with two attached hydrogens (primary N) is 1. The highest BCUT2D eigenvalue weighted by Gasteiger charge is 2.24. The Hall–Kier alpha value is -2.45. The van der Waals surface area contributed by atoms with Gasteiger partial charge in [-0.3, -0.25) is 0 Å². The van der Waals surface area contributed by atoms with Crippen molar-refractivity contribution in [2.24, 2.45) is 11.3 Å². The van der Waals surface area contributed by atoms with Gasteiger partial charge in [-0.05, 0) is 41.0 Å². The Kier molecular flexibility index (Phi) is 6.77. The number of anilines is 1. The summed E-state index contributed by atoms with van der Waals surface area (Å²) in [4.78, 5) is 10.3. The molecule has 0 saturated heterocycles. The quantitative estimate of drug-likeness (QED) is 0.434. The second kappa shape index (κ2) is 9.43. The number of aromatic nitrogens is 3. The summed E-state index contributed by atoms with van der Waals surface area (Å²) in [6, 6.07) is 6.21. The van der Waals surface area contributed by atoms with E-state index in [2.05, 4.69) is 68.5 Å². The maximum Gasteiger partial charge on any atom is 0.231 e. The molecule has 1 aliphatic heterocycles. The molecule has 0 spiro atoms. The summed E-state index contributed by atoms with van der Waals surface area (Å²) in [6.45, 7) is 16.3. The minimum Gasteiger partial charge on any atom is -0.454 e. The number of fused-ring (bicyclic) bond motifs is 2. The van der Waals surface area contributed by atoms with Crippen LogP contribution in [-0.4, -0.2) is 34.4 Å². The summed E-state index contributed by atoms with van der Waals surface area (Å²) in [5, 5.41) is 4.47. The molecule has 178 valence electrons. The highest BCUT2D eigenvalue weighted by Crippen LogP contribution is 2.44. The topological polar surface area (TPSA) is 87.2 Å². The van der Waals surface area contributed by atoms with Gasteiger partial charge in [0.15, 0.2) is 22.5 Å². The highest BCUT2D eigenvalue weighted by atomic mass is 32.2. The first-order valence-corrected chi connectivity index (χ1v) is 12.4. The van der Waals surface area contributed by atoms with E-state index in [1.165, 1.54) is 5.56 Å². The van der Waals surface area contributed by atoms with Crippen LogP contribution in [0.2, 0.25) is 0 Å². The number of hydrogen-bond acceptors (Lipinski definition) is 7. The van der Waals surface area contributed by atoms with Crippen LogP contribution in [0.15, 0.2) is 34.4 Å². The molecule has 0 aliphatic carbocycles. The number of imidazole rings is 1. The lowest BCUT2D eigenvalue weighted by Gasteiger charge is -2.21. The Morgan fingerprint density at radius 3 is 2.61 bits per heavy atom. The molecule has 0 amide bonds. The summed E-state index contributed by atoms with van der Waals surface area (Å²) in [7, 11) is 0. The van der Waals surface area contributed by atoms with Gasteiger partial charge in [0.2, 0.25) is 6.79 Å². The van der Waals surface area contributed by atoms with Gasteiger partial charge in [0, 0.05) is 30.7 Å². The van der Waals surface area contributed by atoms with Crippen LogP contribution in [0.25, 0.3) is 11.0 Å². The van der Waals surface area contributed by atoms with E-state index in [4.69, 9.17) is 20.2 Å². The number of pyridine rings is 1. The third-order valence-corrected chi connectivity index (χ3v) is 7.09. The zero-order chi connectivity index (χ0) is 23.8. The van der Waals surface area contributed by atoms with Crippen LogP contribution in [0.1, 0.15) is 53.0 Å². The van der Waals surface area contributed by atoms with Crippen molar-refractivity contribution in [3.63, 3.8) is 0 Å². The molecule has 0 fully saturated rings. The first kappa shape index (κ1) is 23.7. The van der Waals surface area contributed by atoms with Crippen LogP contribution in [0.5, 0.6) is 11.5 Å². The van der Waals surface area contributed by atoms with E-state index >= 15 is 0 Å². The zero-order valence-electron chi connectivity index (χ0n) is 20.4. The van der Waals surface area contributed by atoms with Crippen molar-refractivity contribution in [2.45, 2.75) is 64.1 Å². The van der Waals surface area contributed by atoms with Gasteiger partial charge >= 0.3 is 0 Å². The molecule has 0 bridgehead atoms. The third-order valence-electron chi connectivity index (χ3n) is 6.02. The van der Waals surface area contributed by atoms with Gasteiger partial charge in [0.25, 0.3) is 0 Å². The van der Waals surface area contributed by atoms with Gasteiger partial charge < -0.3 is 25.1 Å². The number of ether oxygens (including phenoxy) is 2. The average molecular weight is 470 g/mol. The van der Waals surface area contributed by atoms with E-state index in [-0.39, 0.29) is 12.2 Å². The lowest BCUT2D eigenvalue weighted by molar-refractivity contribution is 0.174. The molecule has 7 nitrogen and oxygen atoms in total. The van der Waals surface area contributed by atoms with Gasteiger partial charge in [-0.15, -0.1) is 0 Å². The molecule has 1 atom stereocenters. The van der Waals surface area contributed by atoms with E-state index < -0.39 is 0 Å². The third kappa shape index (κ3) is 5.22. The largest absolute Gasteiger partial charge is 0.454 e. The number of rotatable bonds is 8. The summed E-state index contributed by atoms with van der Waals surface area (Å²) in [5.74, 6) is 2.91. The smallest absolute Gasteiger partial charge is 0.231 e. The molecule has 4 rings (SSSR count). The minimum absolute atomic E-state index is 0.233. The van der Waals surface area contributed by atoms with Crippen LogP contribution >= 0.6 is 11.8 Å². The van der Waals surface area contributed by atoms with Crippen molar-refractivity contribution >= 4 is 28.6 Å². The molecule has 33 heavy (non-hydrogen) atoms. The highest BCUT2D eigenvalue weighted by molar-refractivity contribution is 7.99. The van der Waals surface area contributed by atoms with Crippen molar-refractivity contribution in [3.05, 3.63) is 30.0 Å². The predicted molar refractivity (Wildman–Crippen MR) is 134 cm³/mol. The van der Waals surface area contributed by atoms with Crippen LogP contribution < -0.4 is 20.5 Å². The van der Waals surface area contributed by atoms with Crippen molar-refractivity contribution in [2.75, 3.05) is 25.6 Å². The number of nitrogens with one attached hydrogen (secondary N) is 1. The first-order chi connectivity index (χ1) is 15.6. The van der Waals surface area contributed by atoms with Crippen molar-refractivity contribution in [1.29, 1.82) is 0 Å². The zero-order valence-corrected chi connectivity index (χ0v) is 21.3. The Morgan fingerprint density at radius 1 is 1.18 bits per heavy atom. The standard InChI is InChI=1S/C25H35N5O2S/c1-15(2)16(3)17-11-19-20(32-14-31-19)12-21(17)33-24-29-22-18(7-8-28-23(22)26)30(24)10-9-27-13-25(4,5)6/h7-8,11-12,15-16,27H,9-10,13-14H2,1-6H3,(H2,26,28). The molecule has 1 aromatic carbocycles. The Bertz CT molecular complexity index is 1140. The average Bonchev–Trinajstić information content (AvgIpc) is 3.34. The van der Waals surface area contributed by atoms with Gasteiger partial charge in [0.1, 0.15) is 5.52 Å². The van der Waals surface area contributed by atoms with Crippen LogP contribution in [0.3, 0.4) is 0 Å². The predicted octanol–water partition coefficient (Wildman–Crippen LogP) is 5.29. The SMILES string of the molecule is CC(C)C(C)c1cc2c(cc1Sc1nc3c(N)nccc3n1CCNCC(C)(C)C)OCO2. The van der Waals surface area contributed by atoms with Crippen molar-refractivity contribution in [1.82, 2.24) is 19.9 Å². The minimum atomic E-state index is 0.233. The molecule has 2 aromatic heterocycles. The van der Waals surface area contributed by atoms with E-state index in [9.17, 15) is 0 Å². The summed E-state index contributed by atoms with van der Waals surface area (Å²) in [5.41, 5.74) is 9.41. The van der Waals surface area contributed by atoms with E-state index in [0.29, 0.717) is 17.7 Å². The van der Waals surface area contributed by atoms with Crippen LogP contribution in [0, 0.1) is 11.3 Å². The van der Waals surface area contributed by atoms with Gasteiger partial charge in [0.05, 0.1) is 5.52 Å². The molecule has 3 aromatic rings. The monoisotopic (exact) mass is 469 g/mol. The number of nitrogens with zero attached hydrogens (tertiary/aromatic N) is 3. The molecule has 1 unspecified atom stereocenters. The van der Waals surface area contributed by atoms with Gasteiger partial charge in [-0.25, -0.2) is 9.97 Å². The Balaban J connectivity index is 1.70. The molecular formula is C25H35N5O2S. The second-order valence-electron chi connectivity index (χ2n) is 10.2. The maximum absolute atomic E-state index is 6.19. The van der Waals surface area contributed by atoms with Crippen LogP contribution in [0.4, 0.5) is 5.82 Å². The lowest BCUT2D eigenvalue weighted by Crippen LogP contribution is -2.29. The van der Waals surface area contributed by atoms with E-state index in [0.717, 1.165) is 52.2 Å². The van der Waals surface area contributed by atoms with Crippen molar-refractivity contribution in [3.8, 4) is 11.5 Å². The van der Waals surface area contributed by atoms with Gasteiger partial charge in [-0.2, -0.15) is 0 Å². The maximum atomic E-state index is 6.19. The fourth-order valence-electron chi connectivity index (χ4n) is 3.84. The molecule has 8 heteroatoms. The fourth-order valence-corrected chi connectivity index (χ4v) is 5.00. The molecule has 0 radical (unpaired) electrons. The molecule has 0 saturated carbocycles. The molecule has 3 heterocycles.